The third-order valence-corrected chi connectivity index (χ3v) is 1.92. The molecule has 2 nitrogen and oxygen atoms in total. The van der Waals surface area contributed by atoms with E-state index in [1.807, 2.05) is 0 Å². The highest BCUT2D eigenvalue weighted by atomic mass is 19.1. The fraction of sp³-hybridized carbons (Fsp3) is 0.182. The molecule has 0 saturated heterocycles. The van der Waals surface area contributed by atoms with E-state index < -0.39 is 0 Å². The molecule has 0 spiro atoms. The highest BCUT2D eigenvalue weighted by molar-refractivity contribution is 5.87. The van der Waals surface area contributed by atoms with Crippen molar-refractivity contribution in [1.29, 1.82) is 0 Å². The van der Waals surface area contributed by atoms with Gasteiger partial charge in [0.25, 0.3) is 0 Å². The third-order valence-electron chi connectivity index (χ3n) is 1.92. The summed E-state index contributed by atoms with van der Waals surface area (Å²) in [4.78, 5) is 11.0. The van der Waals surface area contributed by atoms with E-state index in [0.29, 0.717) is 5.56 Å². The van der Waals surface area contributed by atoms with Gasteiger partial charge in [0.2, 0.25) is 5.91 Å². The highest BCUT2D eigenvalue weighted by Gasteiger charge is 2.10. The van der Waals surface area contributed by atoms with E-state index in [9.17, 15) is 9.18 Å². The lowest BCUT2D eigenvalue weighted by atomic mass is 10.1. The Morgan fingerprint density at radius 1 is 1.57 bits per heavy atom. The van der Waals surface area contributed by atoms with Crippen LogP contribution in [0.2, 0.25) is 0 Å². The molecule has 1 atom stereocenters. The van der Waals surface area contributed by atoms with E-state index in [1.165, 1.54) is 6.07 Å². The summed E-state index contributed by atoms with van der Waals surface area (Å²) in [7, 11) is 0. The molecule has 14 heavy (non-hydrogen) atoms. The molecule has 3 heteroatoms. The summed E-state index contributed by atoms with van der Waals surface area (Å²) in [6, 6.07) is 6.01. The van der Waals surface area contributed by atoms with Gasteiger partial charge >= 0.3 is 0 Å². The van der Waals surface area contributed by atoms with Crippen LogP contribution in [0.3, 0.4) is 0 Å². The summed E-state index contributed by atoms with van der Waals surface area (Å²) in [5.74, 6) is -0.620. The second-order valence-electron chi connectivity index (χ2n) is 2.96. The van der Waals surface area contributed by atoms with Gasteiger partial charge in [-0.3, -0.25) is 4.79 Å². The van der Waals surface area contributed by atoms with Crippen LogP contribution < -0.4 is 5.32 Å². The van der Waals surface area contributed by atoms with Gasteiger partial charge in [0.1, 0.15) is 5.82 Å². The van der Waals surface area contributed by atoms with Gasteiger partial charge in [-0.15, -0.1) is 0 Å². The molecule has 0 aromatic heterocycles. The van der Waals surface area contributed by atoms with E-state index in [1.54, 1.807) is 25.1 Å². The quantitative estimate of drug-likeness (QED) is 0.732. The molecule has 1 aromatic rings. The Bertz CT molecular complexity index is 349. The first kappa shape index (κ1) is 10.4. The minimum Gasteiger partial charge on any atom is -0.346 e. The van der Waals surface area contributed by atoms with Crippen LogP contribution in [0.25, 0.3) is 0 Å². The Labute approximate surface area is 82.4 Å². The first-order valence-electron chi connectivity index (χ1n) is 4.32. The molecule has 1 N–H and O–H groups in total. The summed E-state index contributed by atoms with van der Waals surface area (Å²) < 4.78 is 13.2. The molecular weight excluding hydrogens is 181 g/mol. The van der Waals surface area contributed by atoms with Crippen LogP contribution in [0.4, 0.5) is 4.39 Å². The minimum absolute atomic E-state index is 0.305. The van der Waals surface area contributed by atoms with Crippen molar-refractivity contribution in [2.45, 2.75) is 13.0 Å². The molecular formula is C11H12FNO. The largest absolute Gasteiger partial charge is 0.346 e. The summed E-state index contributed by atoms with van der Waals surface area (Å²) >= 11 is 0. The third kappa shape index (κ3) is 2.42. The second kappa shape index (κ2) is 4.56. The Morgan fingerprint density at radius 2 is 2.21 bits per heavy atom. The van der Waals surface area contributed by atoms with Crippen molar-refractivity contribution in [2.75, 3.05) is 0 Å². The van der Waals surface area contributed by atoms with Gasteiger partial charge in [0.15, 0.2) is 0 Å². The number of halogens is 1. The van der Waals surface area contributed by atoms with Gasteiger partial charge < -0.3 is 5.32 Å². The zero-order valence-electron chi connectivity index (χ0n) is 7.96. The van der Waals surface area contributed by atoms with Gasteiger partial charge in [-0.25, -0.2) is 4.39 Å². The van der Waals surface area contributed by atoms with Crippen molar-refractivity contribution in [3.8, 4) is 0 Å². The lowest BCUT2D eigenvalue weighted by molar-refractivity contribution is -0.117. The monoisotopic (exact) mass is 193 g/mol. The van der Waals surface area contributed by atoms with Gasteiger partial charge in [-0.1, -0.05) is 24.8 Å². The number of hydrogen-bond donors (Lipinski definition) is 1. The molecule has 1 amide bonds. The maximum atomic E-state index is 13.2. The van der Waals surface area contributed by atoms with E-state index in [0.717, 1.165) is 6.08 Å². The summed E-state index contributed by atoms with van der Waals surface area (Å²) in [5.41, 5.74) is 0.475. The molecule has 1 aromatic carbocycles. The smallest absolute Gasteiger partial charge is 0.243 e. The van der Waals surface area contributed by atoms with E-state index in [2.05, 4.69) is 11.9 Å². The maximum Gasteiger partial charge on any atom is 0.243 e. The van der Waals surface area contributed by atoms with Crippen LogP contribution in [0, 0.1) is 5.82 Å². The van der Waals surface area contributed by atoms with Crippen molar-refractivity contribution in [1.82, 2.24) is 5.32 Å². The predicted molar refractivity (Wildman–Crippen MR) is 53.2 cm³/mol. The van der Waals surface area contributed by atoms with Crippen LogP contribution in [0.1, 0.15) is 18.5 Å². The molecule has 0 aliphatic heterocycles. The highest BCUT2D eigenvalue weighted by Crippen LogP contribution is 2.15. The zero-order chi connectivity index (χ0) is 10.6. The van der Waals surface area contributed by atoms with Crippen LogP contribution in [0.5, 0.6) is 0 Å². The van der Waals surface area contributed by atoms with Crippen molar-refractivity contribution in [3.63, 3.8) is 0 Å². The van der Waals surface area contributed by atoms with Gasteiger partial charge in [-0.2, -0.15) is 0 Å². The van der Waals surface area contributed by atoms with E-state index in [-0.39, 0.29) is 17.8 Å². The normalized spacial score (nSPS) is 11.9. The summed E-state index contributed by atoms with van der Waals surface area (Å²) in [5, 5.41) is 2.59. The molecule has 0 heterocycles. The lowest BCUT2D eigenvalue weighted by Gasteiger charge is -2.13. The Kier molecular flexibility index (Phi) is 3.40. The van der Waals surface area contributed by atoms with Gasteiger partial charge in [0.05, 0.1) is 6.04 Å². The Morgan fingerprint density at radius 3 is 2.79 bits per heavy atom. The molecule has 74 valence electrons. The first-order chi connectivity index (χ1) is 6.65. The molecule has 0 saturated carbocycles. The Hall–Kier alpha value is -1.64. The molecule has 0 aliphatic rings. The molecule has 0 unspecified atom stereocenters. The molecule has 0 aliphatic carbocycles. The number of carbonyl (C=O) groups is 1. The fourth-order valence-corrected chi connectivity index (χ4v) is 1.18. The van der Waals surface area contributed by atoms with E-state index >= 15 is 0 Å². The van der Waals surface area contributed by atoms with Crippen molar-refractivity contribution in [3.05, 3.63) is 48.3 Å². The molecule has 0 radical (unpaired) electrons. The molecule has 0 fully saturated rings. The minimum atomic E-state index is -0.346. The fourth-order valence-electron chi connectivity index (χ4n) is 1.18. The SMILES string of the molecule is C=CC(=O)N[C@H](C)c1ccccc1F. The number of carbonyl (C=O) groups excluding carboxylic acids is 1. The molecule has 0 bridgehead atoms. The number of benzene rings is 1. The van der Waals surface area contributed by atoms with Crippen molar-refractivity contribution in [2.24, 2.45) is 0 Å². The van der Waals surface area contributed by atoms with Crippen LogP contribution in [-0.4, -0.2) is 5.91 Å². The van der Waals surface area contributed by atoms with Crippen LogP contribution >= 0.6 is 0 Å². The first-order valence-corrected chi connectivity index (χ1v) is 4.32. The number of nitrogens with one attached hydrogen (secondary N) is 1. The number of amides is 1. The van der Waals surface area contributed by atoms with E-state index in [4.69, 9.17) is 0 Å². The topological polar surface area (TPSA) is 29.1 Å². The average molecular weight is 193 g/mol. The van der Waals surface area contributed by atoms with Gasteiger partial charge in [0, 0.05) is 5.56 Å². The zero-order valence-corrected chi connectivity index (χ0v) is 7.96. The van der Waals surface area contributed by atoms with Crippen molar-refractivity contribution < 1.29 is 9.18 Å². The maximum absolute atomic E-state index is 13.2. The summed E-state index contributed by atoms with van der Waals surface area (Å²) in [6.07, 6.45) is 1.16. The lowest BCUT2D eigenvalue weighted by Crippen LogP contribution is -2.25. The average Bonchev–Trinajstić information content (AvgIpc) is 2.18. The van der Waals surface area contributed by atoms with Crippen LogP contribution in [0.15, 0.2) is 36.9 Å². The number of hydrogen-bond acceptors (Lipinski definition) is 1. The number of rotatable bonds is 3. The van der Waals surface area contributed by atoms with Gasteiger partial charge in [-0.05, 0) is 19.1 Å². The Balaban J connectivity index is 2.79. The molecule has 1 rings (SSSR count). The standard InChI is InChI=1S/C11H12FNO/c1-3-11(14)13-8(2)9-6-4-5-7-10(9)12/h3-8H,1H2,2H3,(H,13,14)/t8-/m1/s1. The van der Waals surface area contributed by atoms with Crippen molar-refractivity contribution >= 4 is 5.91 Å². The second-order valence-corrected chi connectivity index (χ2v) is 2.96. The predicted octanol–water partition coefficient (Wildman–Crippen LogP) is 2.19. The summed E-state index contributed by atoms with van der Waals surface area (Å²) in [6.45, 7) is 5.05. The van der Waals surface area contributed by atoms with Crippen LogP contribution in [-0.2, 0) is 4.79 Å².